The average molecular weight is 2420 g/mol. The van der Waals surface area contributed by atoms with Crippen molar-refractivity contribution in [2.75, 3.05) is 21.7 Å². The van der Waals surface area contributed by atoms with Gasteiger partial charge in [-0.1, -0.05) is 50.7 Å². The van der Waals surface area contributed by atoms with Gasteiger partial charge >= 0.3 is 18.1 Å². The van der Waals surface area contributed by atoms with Crippen LogP contribution >= 0.6 is 77.2 Å². The summed E-state index contributed by atoms with van der Waals surface area (Å²) < 4.78 is 48.4. The second-order valence-electron chi connectivity index (χ2n) is 29.1. The molecule has 0 aliphatic rings. The number of hydrogen-bond donors (Lipinski definition) is 10. The number of anilines is 4. The number of nitrogens with two attached hydrogens (primary N) is 2. The summed E-state index contributed by atoms with van der Waals surface area (Å²) >= 11 is 46.0. The van der Waals surface area contributed by atoms with Crippen LogP contribution in [0.4, 0.5) is 36.4 Å². The van der Waals surface area contributed by atoms with Gasteiger partial charge in [-0.2, -0.15) is 26.7 Å². The van der Waals surface area contributed by atoms with E-state index in [-0.39, 0.29) is 86.6 Å². The van der Waals surface area contributed by atoms with Crippen molar-refractivity contribution in [3.8, 4) is 22.3 Å². The van der Waals surface area contributed by atoms with Crippen LogP contribution in [0.5, 0.6) is 0 Å². The van der Waals surface area contributed by atoms with Crippen molar-refractivity contribution in [2.24, 2.45) is 17.6 Å². The van der Waals surface area contributed by atoms with E-state index in [0.29, 0.717) is 64.9 Å². The van der Waals surface area contributed by atoms with Gasteiger partial charge in [0.05, 0.1) is 47.5 Å². The van der Waals surface area contributed by atoms with Gasteiger partial charge in [0.15, 0.2) is 11.6 Å². The minimum atomic E-state index is -4.64. The Labute approximate surface area is 884 Å². The number of carbonyl (C=O) groups excluding carboxylic acids is 7. The van der Waals surface area contributed by atoms with E-state index < -0.39 is 72.3 Å². The predicted molar refractivity (Wildman–Crippen MR) is 583 cm³/mol. The number of aliphatic carboxylic acids is 2. The summed E-state index contributed by atoms with van der Waals surface area (Å²) in [6, 6.07) is 29.9. The quantitative estimate of drug-likeness (QED) is 0.0171. The number of alkyl halides is 3. The lowest BCUT2D eigenvalue weighted by Gasteiger charge is -2.28. The standard InChI is InChI=1S/C26H25BrN6O4.C17H15N3O3.C14H21BrN2O2.C9H12BrN3O2.C9H18O3.C5H5BrN2.C2HF3O.CH4.S5.S4.S3.S2.H2S/c1-14(34)20-12-33(21-8-7-17(9-19(20)21)18-10-28-16(3)29-11-18)13-24(36)32-25(15(2)35)26(37)31-23-6-4-5-22(27)30-23;1-10(21)15-8-20(9-17(22)23)16-4-3-12(5-14(15)16)13-6-18-11(2)19-7-13;1-9(10(2)19-14(3,4)5)13(18)17-12-8-6-7-11(15)16-12;1-5(14)8(11)9(15)13-7-4-2-3-6(10)12-7;1-6(8(10)11)7(2)12-9(3,4)5;6-4-2-1-3-5(7)8-4;3-2(4,5)1-6;;1-3-5-4-2;1-3-4-2;1-3-2;1-2;/h4-12,15,25,35H,13H2,1-3H3,(H,32,36)(H,30,31,37);3-8H,9H2,1-2H3,(H,22,23);6-10H,1-5H3,(H,16,17,18);2-5,8,14H,11H2,1H3,(H,12,13,15);6-7H,1-5H3,(H,10,11);1-3H,(H2,7,8);1H;1H4;;;;;1H2/t15-,25+;;9-,10+;5-,8+;6-,7+;;;;;;;;/m1.010......../s1. The maximum Gasteiger partial charge on any atom is 0.446 e. The molecule has 0 unspecified atom stereocenters. The molecule has 8 atom stereocenters. The number of ether oxygens (including phenoxy) is 2. The van der Waals surface area contributed by atoms with Crippen molar-refractivity contribution in [3.63, 3.8) is 0 Å². The highest BCUT2D eigenvalue weighted by Crippen LogP contribution is 2.31. The Morgan fingerprint density at radius 2 is 0.860 bits per heavy atom. The molecule has 53 heteroatoms. The number of nitrogens with zero attached hydrogens (tertiary/aromatic N) is 10. The Hall–Kier alpha value is -7.15. The number of halogens is 7. The Kier molecular flexibility index (Phi) is 68.1. The molecule has 136 heavy (non-hydrogen) atoms. The molecule has 12 N–H and O–H groups in total. The van der Waals surface area contributed by atoms with Crippen LogP contribution in [0.25, 0.3) is 44.1 Å². The normalized spacial score (nSPS) is 12.0. The zero-order valence-electron chi connectivity index (χ0n) is 74.7. The van der Waals surface area contributed by atoms with Crippen LogP contribution in [0.1, 0.15) is 137 Å². The van der Waals surface area contributed by atoms with E-state index in [4.69, 9.17) is 41.1 Å². The lowest BCUT2D eigenvalue weighted by atomic mass is 10.0. The molecule has 2 aromatic carbocycles. The molecule has 8 aromatic heterocycles. The number of carboxylic acid groups (broad SMARTS) is 2. The Balaban J connectivity index is -0.00000157. The summed E-state index contributed by atoms with van der Waals surface area (Å²) in [5, 5.41) is 48.8. The third-order valence-corrected chi connectivity index (χ3v) is 24.8. The summed E-state index contributed by atoms with van der Waals surface area (Å²) in [6.07, 6.45) is 1.93. The molecule has 744 valence electrons. The van der Waals surface area contributed by atoms with E-state index in [0.717, 1.165) is 46.6 Å². The molecule has 0 saturated carbocycles. The van der Waals surface area contributed by atoms with Crippen molar-refractivity contribution in [1.29, 1.82) is 0 Å². The number of carboxylic acids is 2. The van der Waals surface area contributed by atoms with Gasteiger partial charge in [-0.15, -0.1) is 0 Å². The number of pyridine rings is 4. The highest BCUT2D eigenvalue weighted by atomic mass is 79.9. The van der Waals surface area contributed by atoms with Gasteiger partial charge in [-0.3, -0.25) is 43.2 Å². The van der Waals surface area contributed by atoms with Crippen LogP contribution in [0.3, 0.4) is 0 Å². The first-order chi connectivity index (χ1) is 62.6. The Morgan fingerprint density at radius 3 is 1.14 bits per heavy atom. The summed E-state index contributed by atoms with van der Waals surface area (Å²) in [6.45, 7) is 27.9. The summed E-state index contributed by atoms with van der Waals surface area (Å²) in [4.78, 5) is 137. The number of aliphatic hydroxyl groups excluding tert-OH is 2. The number of amides is 4. The van der Waals surface area contributed by atoms with Gasteiger partial charge in [0, 0.05) is 224 Å². The maximum atomic E-state index is 12.9. The second-order valence-corrected chi connectivity index (χ2v) is 43.0. The molecule has 10 rings (SSSR count). The molecule has 8 heterocycles. The molecular formula is C83H103Br4F3N16O15S15. The minimum absolute atomic E-state index is 0. The van der Waals surface area contributed by atoms with Crippen LogP contribution < -0.4 is 32.7 Å². The Bertz CT molecular complexity index is 5790. The molecule has 0 spiro atoms. The van der Waals surface area contributed by atoms with Crippen molar-refractivity contribution in [1.82, 2.24) is 54.3 Å². The lowest BCUT2D eigenvalue weighted by molar-refractivity contribution is -0.156. The average Bonchev–Trinajstić information content (AvgIpc) is 1.63. The molecule has 0 bridgehead atoms. The van der Waals surface area contributed by atoms with Crippen LogP contribution in [-0.4, -0.2) is 177 Å². The second kappa shape index (κ2) is 69.7. The zero-order chi connectivity index (χ0) is 103. The first-order valence-electron chi connectivity index (χ1n) is 38.3. The third-order valence-electron chi connectivity index (χ3n) is 16.4. The third kappa shape index (κ3) is 55.2. The van der Waals surface area contributed by atoms with E-state index in [1.165, 1.54) is 72.1 Å². The van der Waals surface area contributed by atoms with Crippen LogP contribution in [0.15, 0.2) is 165 Å². The molecule has 4 amide bonds. The van der Waals surface area contributed by atoms with E-state index in [1.54, 1.807) is 116 Å². The summed E-state index contributed by atoms with van der Waals surface area (Å²) in [5.74, 6) is -1.31. The van der Waals surface area contributed by atoms with Crippen molar-refractivity contribution >= 4 is 319 Å². The lowest BCUT2D eigenvalue weighted by Crippen LogP contribution is -2.51. The molecule has 0 aliphatic heterocycles. The number of nitrogen functional groups attached to an aromatic ring is 1. The van der Waals surface area contributed by atoms with Crippen LogP contribution in [-0.2, 0) is 199 Å². The number of fused-ring (bicyclic) bond motifs is 2. The number of aromatic nitrogens is 10. The smallest absolute Gasteiger partial charge is 0.446 e. The number of aldehydes is 1. The molecule has 0 radical (unpaired) electrons. The van der Waals surface area contributed by atoms with E-state index in [1.807, 2.05) is 123 Å². The molecular weight excluding hydrogens is 2320 g/mol. The summed E-state index contributed by atoms with van der Waals surface area (Å²) in [5.41, 5.74) is 16.0. The highest BCUT2D eigenvalue weighted by Gasteiger charge is 2.30. The number of nitrogens with one attached hydrogen (secondary N) is 4. The first kappa shape index (κ1) is 133. The van der Waals surface area contributed by atoms with Gasteiger partial charge < -0.3 is 71.8 Å². The fourth-order valence-electron chi connectivity index (χ4n) is 10.3. The van der Waals surface area contributed by atoms with Crippen LogP contribution in [0.2, 0.25) is 0 Å². The molecule has 0 fully saturated rings. The predicted octanol–water partition coefficient (Wildman–Crippen LogP) is 14.9. The highest BCUT2D eigenvalue weighted by molar-refractivity contribution is 9.11. The van der Waals surface area contributed by atoms with Gasteiger partial charge in [0.25, 0.3) is 5.91 Å². The molecule has 0 aliphatic carbocycles. The maximum absolute atomic E-state index is 12.9. The minimum Gasteiger partial charge on any atom is -0.481 e. The number of aryl methyl sites for hydroxylation is 2. The number of ketones is 2. The van der Waals surface area contributed by atoms with Crippen molar-refractivity contribution < 1.29 is 86.2 Å². The van der Waals surface area contributed by atoms with Gasteiger partial charge in [0.2, 0.25) is 24.0 Å². The SMILES string of the molecule is C.CC(=O)c1cn(CC(=O)N[C@H](C(=O)Nc2cccc(Br)n2)[C@@H](C)O)c2ccc(-c3cnc(C)nc3)cc12.CC(=O)c1cn(CC(=O)O)c2ccc(-c3cnc(C)nc3)cc12.C[C@@H](O)[C@H](N)C(=O)Nc1cccc(Br)n1.C[C@H](C(=O)Nc1cccc(Br)n1)[C@@H](C)OC(C)(C)C.C[C@H](C(=O)O)[C@@H](C)OC(C)(C)C.Nc1cccc(Br)n1.O=CC(F)(F)F.S.S=S.S=S=S.S=S=S=S.S=S=S=S=S. The van der Waals surface area contributed by atoms with Gasteiger partial charge in [-0.05, 0) is 251 Å². The van der Waals surface area contributed by atoms with E-state index >= 15 is 0 Å². The fourth-order valence-corrected chi connectivity index (χ4v) is 14.4. The molecule has 0 saturated heterocycles. The van der Waals surface area contributed by atoms with E-state index in [2.05, 4.69) is 214 Å². The zero-order valence-corrected chi connectivity index (χ0v) is 93.5. The number of benzene rings is 2. The van der Waals surface area contributed by atoms with Crippen LogP contribution in [0, 0.1) is 25.7 Å². The molecule has 10 aromatic rings. The van der Waals surface area contributed by atoms with E-state index in [9.17, 15) is 56.6 Å². The number of Topliss-reactive ketones (excluding diaryl/α,β-unsaturated/α-hetero) is 2. The topological polar surface area (TPSA) is 466 Å². The number of carbonyl (C=O) groups is 9. The molecule has 31 nitrogen and oxygen atoms in total. The first-order valence-corrected chi connectivity index (χ1v) is 54.8. The monoisotopic (exact) mass is 2420 g/mol. The number of rotatable bonds is 22. The van der Waals surface area contributed by atoms with Crippen molar-refractivity contribution in [2.45, 2.75) is 185 Å². The fraction of sp³-hybridized carbons (Fsp3) is 0.361. The van der Waals surface area contributed by atoms with Gasteiger partial charge in [-0.25, -0.2) is 39.9 Å². The number of aliphatic hydroxyl groups is 2. The van der Waals surface area contributed by atoms with Crippen molar-refractivity contribution in [3.05, 3.63) is 188 Å². The Morgan fingerprint density at radius 1 is 0.522 bits per heavy atom. The summed E-state index contributed by atoms with van der Waals surface area (Å²) in [7, 11) is 7.21. The van der Waals surface area contributed by atoms with Gasteiger partial charge in [0.1, 0.15) is 78.5 Å². The number of hydrogen-bond acceptors (Lipinski definition) is 31. The largest absolute Gasteiger partial charge is 0.481 e.